The highest BCUT2D eigenvalue weighted by molar-refractivity contribution is 6.04. The number of hydrogen-bond donors (Lipinski definition) is 3. The molecule has 2 amide bonds. The van der Waals surface area contributed by atoms with Crippen LogP contribution in [0, 0.1) is 0 Å². The van der Waals surface area contributed by atoms with Crippen LogP contribution in [-0.2, 0) is 9.59 Å². The number of amides is 2. The van der Waals surface area contributed by atoms with Crippen LogP contribution in [0.3, 0.4) is 0 Å². The molecular weight excluding hydrogens is 264 g/mol. The van der Waals surface area contributed by atoms with Gasteiger partial charge in [0.15, 0.2) is 0 Å². The minimum Gasteiger partial charge on any atom is -0.497 e. The number of anilines is 1. The molecule has 0 radical (unpaired) electrons. The summed E-state index contributed by atoms with van der Waals surface area (Å²) in [6, 6.07) is 3.65. The highest BCUT2D eigenvalue weighted by Gasteiger charge is 2.28. The zero-order valence-electron chi connectivity index (χ0n) is 10.8. The number of carboxylic acid groups (broad SMARTS) is 1. The third-order valence-electron chi connectivity index (χ3n) is 3.03. The van der Waals surface area contributed by atoms with Crippen LogP contribution < -0.4 is 15.4 Å². The summed E-state index contributed by atoms with van der Waals surface area (Å²) < 4.78 is 5.00. The Morgan fingerprint density at radius 2 is 2.20 bits per heavy atom. The van der Waals surface area contributed by atoms with Crippen LogP contribution in [0.15, 0.2) is 18.2 Å². The Bertz CT molecular complexity index is 570. The second-order valence-electron chi connectivity index (χ2n) is 4.36. The van der Waals surface area contributed by atoms with E-state index in [0.717, 1.165) is 0 Å². The van der Waals surface area contributed by atoms with E-state index in [-0.39, 0.29) is 17.2 Å². The molecule has 106 valence electrons. The second kappa shape index (κ2) is 5.60. The van der Waals surface area contributed by atoms with Gasteiger partial charge in [-0.05, 0) is 18.6 Å². The van der Waals surface area contributed by atoms with Gasteiger partial charge < -0.3 is 20.5 Å². The summed E-state index contributed by atoms with van der Waals surface area (Å²) in [6.45, 7) is 0. The van der Waals surface area contributed by atoms with Crippen LogP contribution in [0.25, 0.3) is 0 Å². The Balaban J connectivity index is 2.20. The van der Waals surface area contributed by atoms with Crippen molar-refractivity contribution in [2.24, 2.45) is 0 Å². The number of hydrogen-bond acceptors (Lipinski definition) is 4. The molecule has 0 bridgehead atoms. The molecule has 7 nitrogen and oxygen atoms in total. The molecule has 2 rings (SSSR count). The van der Waals surface area contributed by atoms with Gasteiger partial charge in [-0.3, -0.25) is 9.59 Å². The standard InChI is InChI=1S/C13H14N2O5/c1-20-7-2-3-8(13(18)19)10(6-7)15-12(17)9-4-5-11(16)14-9/h2-3,6,9H,4-5H2,1H3,(H,14,16)(H,15,17)(H,18,19). The summed E-state index contributed by atoms with van der Waals surface area (Å²) in [5.41, 5.74) is 0.103. The quantitative estimate of drug-likeness (QED) is 0.748. The first-order chi connectivity index (χ1) is 9.51. The van der Waals surface area contributed by atoms with Crippen molar-refractivity contribution in [3.05, 3.63) is 23.8 Å². The van der Waals surface area contributed by atoms with Gasteiger partial charge in [0, 0.05) is 12.5 Å². The molecule has 7 heteroatoms. The highest BCUT2D eigenvalue weighted by Crippen LogP contribution is 2.23. The van der Waals surface area contributed by atoms with Gasteiger partial charge in [0.1, 0.15) is 11.8 Å². The second-order valence-corrected chi connectivity index (χ2v) is 4.36. The van der Waals surface area contributed by atoms with Crippen molar-refractivity contribution in [1.29, 1.82) is 0 Å². The Kier molecular flexibility index (Phi) is 3.88. The lowest BCUT2D eigenvalue weighted by Gasteiger charge is -2.13. The largest absolute Gasteiger partial charge is 0.497 e. The van der Waals surface area contributed by atoms with Crippen LogP contribution in [0.2, 0.25) is 0 Å². The number of methoxy groups -OCH3 is 1. The summed E-state index contributed by atoms with van der Waals surface area (Å²) in [5.74, 6) is -1.35. The SMILES string of the molecule is COc1ccc(C(=O)O)c(NC(=O)C2CCC(=O)N2)c1. The van der Waals surface area contributed by atoms with Crippen molar-refractivity contribution >= 4 is 23.5 Å². The molecule has 1 fully saturated rings. The van der Waals surface area contributed by atoms with E-state index in [2.05, 4.69) is 10.6 Å². The Morgan fingerprint density at radius 3 is 2.75 bits per heavy atom. The molecule has 1 saturated heterocycles. The predicted octanol–water partition coefficient (Wildman–Crippen LogP) is 0.610. The molecule has 0 aromatic heterocycles. The summed E-state index contributed by atoms with van der Waals surface area (Å²) in [5, 5.41) is 14.1. The molecule has 1 aromatic rings. The third kappa shape index (κ3) is 2.87. The average Bonchev–Trinajstić information content (AvgIpc) is 2.85. The number of ether oxygens (including phenoxy) is 1. The summed E-state index contributed by atoms with van der Waals surface area (Å²) >= 11 is 0. The van der Waals surface area contributed by atoms with Crippen LogP contribution in [0.1, 0.15) is 23.2 Å². The van der Waals surface area contributed by atoms with Gasteiger partial charge >= 0.3 is 5.97 Å². The Labute approximate surface area is 114 Å². The zero-order chi connectivity index (χ0) is 14.7. The topological polar surface area (TPSA) is 105 Å². The lowest BCUT2D eigenvalue weighted by molar-refractivity contribution is -0.122. The fourth-order valence-electron chi connectivity index (χ4n) is 1.97. The zero-order valence-corrected chi connectivity index (χ0v) is 10.8. The Hall–Kier alpha value is -2.57. The van der Waals surface area contributed by atoms with E-state index in [1.165, 1.54) is 25.3 Å². The molecule has 1 aliphatic rings. The van der Waals surface area contributed by atoms with Gasteiger partial charge in [0.25, 0.3) is 0 Å². The maximum Gasteiger partial charge on any atom is 0.337 e. The lowest BCUT2D eigenvalue weighted by Crippen LogP contribution is -2.37. The monoisotopic (exact) mass is 278 g/mol. The number of rotatable bonds is 4. The molecule has 1 atom stereocenters. The number of carbonyl (C=O) groups excluding carboxylic acids is 2. The molecule has 1 heterocycles. The molecule has 1 aromatic carbocycles. The van der Waals surface area contributed by atoms with Crippen molar-refractivity contribution in [2.75, 3.05) is 12.4 Å². The van der Waals surface area contributed by atoms with E-state index in [9.17, 15) is 14.4 Å². The summed E-state index contributed by atoms with van der Waals surface area (Å²) in [7, 11) is 1.44. The van der Waals surface area contributed by atoms with Gasteiger partial charge in [0.2, 0.25) is 11.8 Å². The third-order valence-corrected chi connectivity index (χ3v) is 3.03. The first kappa shape index (κ1) is 13.9. The van der Waals surface area contributed by atoms with Crippen molar-refractivity contribution in [3.8, 4) is 5.75 Å². The molecule has 20 heavy (non-hydrogen) atoms. The first-order valence-corrected chi connectivity index (χ1v) is 6.03. The van der Waals surface area contributed by atoms with Gasteiger partial charge in [0.05, 0.1) is 18.4 Å². The van der Waals surface area contributed by atoms with Gasteiger partial charge in [-0.25, -0.2) is 4.79 Å². The molecular formula is C13H14N2O5. The maximum atomic E-state index is 12.0. The van der Waals surface area contributed by atoms with Gasteiger partial charge in [-0.1, -0.05) is 0 Å². The number of nitrogens with one attached hydrogen (secondary N) is 2. The first-order valence-electron chi connectivity index (χ1n) is 6.03. The highest BCUT2D eigenvalue weighted by atomic mass is 16.5. The number of benzene rings is 1. The van der Waals surface area contributed by atoms with Crippen molar-refractivity contribution in [3.63, 3.8) is 0 Å². The van der Waals surface area contributed by atoms with Gasteiger partial charge in [-0.2, -0.15) is 0 Å². The molecule has 1 unspecified atom stereocenters. The predicted molar refractivity (Wildman–Crippen MR) is 69.7 cm³/mol. The number of carbonyl (C=O) groups is 3. The minimum absolute atomic E-state index is 0.0385. The summed E-state index contributed by atoms with van der Waals surface area (Å²) in [6.07, 6.45) is 0.693. The maximum absolute atomic E-state index is 12.0. The fraction of sp³-hybridized carbons (Fsp3) is 0.308. The van der Waals surface area contributed by atoms with Crippen molar-refractivity contribution in [1.82, 2.24) is 5.32 Å². The number of carboxylic acids is 1. The van der Waals surface area contributed by atoms with Gasteiger partial charge in [-0.15, -0.1) is 0 Å². The molecule has 0 spiro atoms. The summed E-state index contributed by atoms with van der Waals surface area (Å²) in [4.78, 5) is 34.2. The minimum atomic E-state index is -1.15. The average molecular weight is 278 g/mol. The van der Waals surface area contributed by atoms with Crippen molar-refractivity contribution in [2.45, 2.75) is 18.9 Å². The molecule has 3 N–H and O–H groups in total. The smallest absolute Gasteiger partial charge is 0.337 e. The van der Waals surface area contributed by atoms with E-state index in [4.69, 9.17) is 9.84 Å². The molecule has 1 aliphatic heterocycles. The molecule has 0 aliphatic carbocycles. The fourth-order valence-corrected chi connectivity index (χ4v) is 1.97. The lowest BCUT2D eigenvalue weighted by atomic mass is 10.1. The van der Waals surface area contributed by atoms with Crippen LogP contribution >= 0.6 is 0 Å². The van der Waals surface area contributed by atoms with Crippen LogP contribution in [0.5, 0.6) is 5.75 Å². The van der Waals surface area contributed by atoms with E-state index < -0.39 is 17.9 Å². The van der Waals surface area contributed by atoms with Crippen LogP contribution in [0.4, 0.5) is 5.69 Å². The van der Waals surface area contributed by atoms with E-state index in [0.29, 0.717) is 18.6 Å². The van der Waals surface area contributed by atoms with Crippen LogP contribution in [-0.4, -0.2) is 36.0 Å². The van der Waals surface area contributed by atoms with E-state index >= 15 is 0 Å². The normalized spacial score (nSPS) is 17.4. The van der Waals surface area contributed by atoms with Crippen molar-refractivity contribution < 1.29 is 24.2 Å². The molecule has 0 saturated carbocycles. The van der Waals surface area contributed by atoms with E-state index in [1.807, 2.05) is 0 Å². The number of aromatic carboxylic acids is 1. The Morgan fingerprint density at radius 1 is 1.45 bits per heavy atom. The van der Waals surface area contributed by atoms with E-state index in [1.54, 1.807) is 0 Å².